The van der Waals surface area contributed by atoms with Gasteiger partial charge in [0.05, 0.1) is 0 Å². The topological polar surface area (TPSA) is 55.1 Å². The van der Waals surface area contributed by atoms with E-state index in [0.29, 0.717) is 17.1 Å². The lowest BCUT2D eigenvalue weighted by molar-refractivity contribution is 0.100. The molecule has 0 heterocycles. The zero-order chi connectivity index (χ0) is 14.5. The van der Waals surface area contributed by atoms with E-state index in [1.54, 1.807) is 12.1 Å². The lowest BCUT2D eigenvalue weighted by Gasteiger charge is -2.09. The summed E-state index contributed by atoms with van der Waals surface area (Å²) >= 11 is 6.14. The van der Waals surface area contributed by atoms with E-state index in [0.717, 1.165) is 12.1 Å². The van der Waals surface area contributed by atoms with Crippen molar-refractivity contribution < 1.29 is 4.79 Å². The van der Waals surface area contributed by atoms with Crippen molar-refractivity contribution in [2.75, 3.05) is 0 Å². The molecule has 0 bridgehead atoms. The Balaban J connectivity index is 1.98. The summed E-state index contributed by atoms with van der Waals surface area (Å²) in [4.78, 5) is 11.0. The molecule has 1 amide bonds. The first-order valence-electron chi connectivity index (χ1n) is 6.41. The van der Waals surface area contributed by atoms with Crippen LogP contribution < -0.4 is 11.1 Å². The predicted octanol–water partition coefficient (Wildman–Crippen LogP) is 3.04. The summed E-state index contributed by atoms with van der Waals surface area (Å²) in [6.07, 6.45) is 0. The second-order valence-corrected chi connectivity index (χ2v) is 5.11. The molecule has 0 fully saturated rings. The van der Waals surface area contributed by atoms with Crippen molar-refractivity contribution in [3.8, 4) is 0 Å². The van der Waals surface area contributed by atoms with Gasteiger partial charge in [-0.1, -0.05) is 41.9 Å². The minimum atomic E-state index is -0.466. The van der Waals surface area contributed by atoms with Gasteiger partial charge in [0.25, 0.3) is 0 Å². The van der Waals surface area contributed by atoms with E-state index in [-0.39, 0.29) is 0 Å². The summed E-state index contributed by atoms with van der Waals surface area (Å²) in [5.41, 5.74) is 9.11. The molecule has 2 aromatic carbocycles. The molecule has 0 aromatic heterocycles. The molecule has 0 atom stereocenters. The van der Waals surface area contributed by atoms with E-state index in [1.165, 1.54) is 11.1 Å². The van der Waals surface area contributed by atoms with Gasteiger partial charge in [-0.2, -0.15) is 0 Å². The first kappa shape index (κ1) is 14.6. The quantitative estimate of drug-likeness (QED) is 0.888. The van der Waals surface area contributed by atoms with Crippen molar-refractivity contribution in [1.29, 1.82) is 0 Å². The Bertz CT molecular complexity index is 626. The minimum absolute atomic E-state index is 0.428. The zero-order valence-electron chi connectivity index (χ0n) is 11.3. The van der Waals surface area contributed by atoms with Crippen molar-refractivity contribution in [2.24, 2.45) is 5.73 Å². The van der Waals surface area contributed by atoms with Crippen molar-refractivity contribution in [1.82, 2.24) is 5.32 Å². The van der Waals surface area contributed by atoms with Crippen LogP contribution in [0.3, 0.4) is 0 Å². The van der Waals surface area contributed by atoms with E-state index < -0.39 is 5.91 Å². The van der Waals surface area contributed by atoms with Gasteiger partial charge < -0.3 is 11.1 Å². The highest BCUT2D eigenvalue weighted by molar-refractivity contribution is 6.31. The lowest BCUT2D eigenvalue weighted by Crippen LogP contribution is -2.15. The SMILES string of the molecule is Cc1ccccc1CNCc1ccc(C(N)=O)cc1Cl. The number of nitrogens with one attached hydrogen (secondary N) is 1. The third-order valence-corrected chi connectivity index (χ3v) is 3.58. The van der Waals surface area contributed by atoms with Gasteiger partial charge in [0.15, 0.2) is 0 Å². The number of nitrogens with two attached hydrogens (primary N) is 1. The molecule has 3 nitrogen and oxygen atoms in total. The Morgan fingerprint density at radius 2 is 1.85 bits per heavy atom. The van der Waals surface area contributed by atoms with Crippen LogP contribution in [-0.2, 0) is 13.1 Å². The monoisotopic (exact) mass is 288 g/mol. The fourth-order valence-electron chi connectivity index (χ4n) is 1.98. The molecular formula is C16H17ClN2O. The predicted molar refractivity (Wildman–Crippen MR) is 81.7 cm³/mol. The van der Waals surface area contributed by atoms with Gasteiger partial charge >= 0.3 is 0 Å². The number of hydrogen-bond donors (Lipinski definition) is 2. The van der Waals surface area contributed by atoms with Gasteiger partial charge in [-0.25, -0.2) is 0 Å². The van der Waals surface area contributed by atoms with Gasteiger partial charge in [0, 0.05) is 23.7 Å². The van der Waals surface area contributed by atoms with E-state index in [1.807, 2.05) is 18.2 Å². The molecule has 0 saturated carbocycles. The third-order valence-electron chi connectivity index (χ3n) is 3.23. The van der Waals surface area contributed by atoms with Crippen LogP contribution >= 0.6 is 11.6 Å². The maximum atomic E-state index is 11.0. The Kier molecular flexibility index (Phi) is 4.77. The van der Waals surface area contributed by atoms with Crippen LogP contribution in [0.1, 0.15) is 27.0 Å². The van der Waals surface area contributed by atoms with E-state index in [4.69, 9.17) is 17.3 Å². The van der Waals surface area contributed by atoms with Crippen LogP contribution in [0.4, 0.5) is 0 Å². The molecule has 0 aliphatic carbocycles. The average molecular weight is 289 g/mol. The van der Waals surface area contributed by atoms with Crippen LogP contribution in [0, 0.1) is 6.92 Å². The molecule has 2 rings (SSSR count). The first-order valence-corrected chi connectivity index (χ1v) is 6.79. The Labute approximate surface area is 123 Å². The molecule has 0 aliphatic rings. The second kappa shape index (κ2) is 6.55. The Morgan fingerprint density at radius 1 is 1.15 bits per heavy atom. The van der Waals surface area contributed by atoms with E-state index in [2.05, 4.69) is 24.4 Å². The fraction of sp³-hybridized carbons (Fsp3) is 0.188. The molecule has 4 heteroatoms. The Hall–Kier alpha value is -1.84. The molecule has 20 heavy (non-hydrogen) atoms. The summed E-state index contributed by atoms with van der Waals surface area (Å²) in [6, 6.07) is 13.4. The molecule has 0 unspecified atom stereocenters. The maximum absolute atomic E-state index is 11.0. The zero-order valence-corrected chi connectivity index (χ0v) is 12.1. The number of amides is 1. The van der Waals surface area contributed by atoms with Gasteiger partial charge in [0.1, 0.15) is 0 Å². The van der Waals surface area contributed by atoms with E-state index >= 15 is 0 Å². The molecular weight excluding hydrogens is 272 g/mol. The van der Waals surface area contributed by atoms with Crippen LogP contribution in [-0.4, -0.2) is 5.91 Å². The smallest absolute Gasteiger partial charge is 0.248 e. The number of hydrogen-bond acceptors (Lipinski definition) is 2. The molecule has 0 spiro atoms. The lowest BCUT2D eigenvalue weighted by atomic mass is 10.1. The average Bonchev–Trinajstić information content (AvgIpc) is 2.42. The van der Waals surface area contributed by atoms with Crippen LogP contribution in [0.25, 0.3) is 0 Å². The molecule has 0 saturated heterocycles. The normalized spacial score (nSPS) is 10.5. The number of aryl methyl sites for hydroxylation is 1. The van der Waals surface area contributed by atoms with Gasteiger partial charge in [-0.3, -0.25) is 4.79 Å². The highest BCUT2D eigenvalue weighted by atomic mass is 35.5. The standard InChI is InChI=1S/C16H17ClN2O/c1-11-4-2-3-5-13(11)9-19-10-14-7-6-12(16(18)20)8-15(14)17/h2-8,19H,9-10H2,1H3,(H2,18,20). The minimum Gasteiger partial charge on any atom is -0.366 e. The number of rotatable bonds is 5. The summed E-state index contributed by atoms with van der Waals surface area (Å²) in [5.74, 6) is -0.466. The van der Waals surface area contributed by atoms with Crippen molar-refractivity contribution >= 4 is 17.5 Å². The van der Waals surface area contributed by atoms with Gasteiger partial charge in [0.2, 0.25) is 5.91 Å². The highest BCUT2D eigenvalue weighted by Crippen LogP contribution is 2.18. The largest absolute Gasteiger partial charge is 0.366 e. The highest BCUT2D eigenvalue weighted by Gasteiger charge is 2.05. The van der Waals surface area contributed by atoms with Gasteiger partial charge in [-0.15, -0.1) is 0 Å². The molecule has 0 radical (unpaired) electrons. The number of benzene rings is 2. The third kappa shape index (κ3) is 3.59. The summed E-state index contributed by atoms with van der Waals surface area (Å²) in [5, 5.41) is 3.90. The van der Waals surface area contributed by atoms with E-state index in [9.17, 15) is 4.79 Å². The molecule has 104 valence electrons. The van der Waals surface area contributed by atoms with Crippen LogP contribution in [0.5, 0.6) is 0 Å². The van der Waals surface area contributed by atoms with Crippen molar-refractivity contribution in [3.63, 3.8) is 0 Å². The molecule has 3 N–H and O–H groups in total. The second-order valence-electron chi connectivity index (χ2n) is 4.70. The summed E-state index contributed by atoms with van der Waals surface area (Å²) in [6.45, 7) is 3.51. The van der Waals surface area contributed by atoms with Crippen molar-refractivity contribution in [3.05, 3.63) is 69.7 Å². The summed E-state index contributed by atoms with van der Waals surface area (Å²) in [7, 11) is 0. The number of primary amides is 1. The number of halogens is 1. The number of carbonyl (C=O) groups is 1. The van der Waals surface area contributed by atoms with Gasteiger partial charge in [-0.05, 0) is 35.7 Å². The maximum Gasteiger partial charge on any atom is 0.248 e. The van der Waals surface area contributed by atoms with Crippen LogP contribution in [0.15, 0.2) is 42.5 Å². The van der Waals surface area contributed by atoms with Crippen LogP contribution in [0.2, 0.25) is 5.02 Å². The summed E-state index contributed by atoms with van der Waals surface area (Å²) < 4.78 is 0. The first-order chi connectivity index (χ1) is 9.58. The molecule has 0 aliphatic heterocycles. The van der Waals surface area contributed by atoms with Crippen molar-refractivity contribution in [2.45, 2.75) is 20.0 Å². The fourth-order valence-corrected chi connectivity index (χ4v) is 2.23. The number of carbonyl (C=O) groups excluding carboxylic acids is 1. The molecule has 2 aromatic rings. The Morgan fingerprint density at radius 3 is 2.50 bits per heavy atom.